The van der Waals surface area contributed by atoms with E-state index < -0.39 is 40.7 Å². The molecule has 1 aromatic rings. The summed E-state index contributed by atoms with van der Waals surface area (Å²) in [6.07, 6.45) is -2.94. The number of carbonyl (C=O) groups excluding carboxylic acids is 1. The van der Waals surface area contributed by atoms with Gasteiger partial charge in [-0.25, -0.2) is 0 Å². The number of azide groups is 1. The first-order valence-corrected chi connectivity index (χ1v) is 5.25. The van der Waals surface area contributed by atoms with Crippen molar-refractivity contribution in [3.63, 3.8) is 0 Å². The normalized spacial score (nSPS) is 13.1. The number of hydrogen-bond donors (Lipinski definition) is 3. The van der Waals surface area contributed by atoms with E-state index in [-0.39, 0.29) is 11.8 Å². The topological polar surface area (TPSA) is 170 Å². The standard InChI is InChI=1S/C10H10N4O6/c11-13-12-3-8(16)10(18)5-1-6(4-15)9(17)7(2-5)14(19)20/h1-2,4,8,10,16-18H,3H2. The van der Waals surface area contributed by atoms with Crippen LogP contribution in [0, 0.1) is 10.1 Å². The lowest BCUT2D eigenvalue weighted by atomic mass is 10.0. The van der Waals surface area contributed by atoms with Gasteiger partial charge >= 0.3 is 5.69 Å². The summed E-state index contributed by atoms with van der Waals surface area (Å²) in [6.45, 7) is -0.456. The molecule has 0 aliphatic rings. The van der Waals surface area contributed by atoms with E-state index in [9.17, 15) is 30.2 Å². The van der Waals surface area contributed by atoms with Crippen LogP contribution in [0.3, 0.4) is 0 Å². The number of aldehydes is 1. The smallest absolute Gasteiger partial charge is 0.311 e. The van der Waals surface area contributed by atoms with E-state index in [0.717, 1.165) is 12.1 Å². The van der Waals surface area contributed by atoms with Crippen molar-refractivity contribution >= 4 is 12.0 Å². The van der Waals surface area contributed by atoms with Crippen LogP contribution in [0.4, 0.5) is 5.69 Å². The third-order valence-electron chi connectivity index (χ3n) is 2.50. The minimum absolute atomic E-state index is 0.155. The molecular weight excluding hydrogens is 272 g/mol. The third-order valence-corrected chi connectivity index (χ3v) is 2.50. The van der Waals surface area contributed by atoms with Crippen molar-refractivity contribution in [3.05, 3.63) is 43.8 Å². The Labute approximate surface area is 111 Å². The van der Waals surface area contributed by atoms with Crippen LogP contribution in [0.15, 0.2) is 17.2 Å². The summed E-state index contributed by atoms with van der Waals surface area (Å²) in [4.78, 5) is 22.9. The summed E-state index contributed by atoms with van der Waals surface area (Å²) >= 11 is 0. The van der Waals surface area contributed by atoms with Crippen LogP contribution in [-0.2, 0) is 0 Å². The predicted molar refractivity (Wildman–Crippen MR) is 65.1 cm³/mol. The number of aliphatic hydroxyl groups is 2. The summed E-state index contributed by atoms with van der Waals surface area (Å²) in [7, 11) is 0. The van der Waals surface area contributed by atoms with Gasteiger partial charge in [-0.3, -0.25) is 14.9 Å². The lowest BCUT2D eigenvalue weighted by molar-refractivity contribution is -0.386. The minimum Gasteiger partial charge on any atom is -0.502 e. The van der Waals surface area contributed by atoms with Crippen LogP contribution in [0.2, 0.25) is 0 Å². The van der Waals surface area contributed by atoms with E-state index in [0.29, 0.717) is 0 Å². The minimum atomic E-state index is -1.61. The predicted octanol–water partition coefficient (Wildman–Crippen LogP) is 0.817. The van der Waals surface area contributed by atoms with E-state index in [1.165, 1.54) is 0 Å². The maximum atomic E-state index is 10.7. The van der Waals surface area contributed by atoms with Gasteiger partial charge < -0.3 is 15.3 Å². The number of aliphatic hydroxyl groups excluding tert-OH is 2. The van der Waals surface area contributed by atoms with Gasteiger partial charge in [0.1, 0.15) is 6.10 Å². The van der Waals surface area contributed by atoms with Gasteiger partial charge in [-0.15, -0.1) is 0 Å². The molecule has 0 amide bonds. The molecule has 0 saturated carbocycles. The van der Waals surface area contributed by atoms with Gasteiger partial charge in [0.05, 0.1) is 23.1 Å². The second-order valence-electron chi connectivity index (χ2n) is 3.78. The maximum Gasteiger partial charge on any atom is 0.311 e. The fourth-order valence-electron chi connectivity index (χ4n) is 1.51. The van der Waals surface area contributed by atoms with E-state index in [4.69, 9.17) is 5.53 Å². The highest BCUT2D eigenvalue weighted by atomic mass is 16.6. The van der Waals surface area contributed by atoms with E-state index >= 15 is 0 Å². The van der Waals surface area contributed by atoms with Gasteiger partial charge in [0.25, 0.3) is 0 Å². The fraction of sp³-hybridized carbons (Fsp3) is 0.300. The molecule has 0 radical (unpaired) electrons. The van der Waals surface area contributed by atoms with Gasteiger partial charge in [-0.1, -0.05) is 5.11 Å². The monoisotopic (exact) mass is 282 g/mol. The highest BCUT2D eigenvalue weighted by Gasteiger charge is 2.25. The number of nitro groups is 1. The number of carbonyl (C=O) groups is 1. The van der Waals surface area contributed by atoms with Crippen molar-refractivity contribution in [2.45, 2.75) is 12.2 Å². The Morgan fingerprint density at radius 1 is 1.50 bits per heavy atom. The van der Waals surface area contributed by atoms with E-state index in [2.05, 4.69) is 10.0 Å². The Kier molecular flexibility index (Phi) is 4.98. The zero-order chi connectivity index (χ0) is 15.3. The summed E-state index contributed by atoms with van der Waals surface area (Å²) in [5.41, 5.74) is 6.77. The van der Waals surface area contributed by atoms with Crippen molar-refractivity contribution in [1.29, 1.82) is 0 Å². The summed E-state index contributed by atoms with van der Waals surface area (Å²) in [6, 6.07) is 1.83. The lowest BCUT2D eigenvalue weighted by Gasteiger charge is -2.16. The van der Waals surface area contributed by atoms with Gasteiger partial charge in [0.15, 0.2) is 6.29 Å². The highest BCUT2D eigenvalue weighted by Crippen LogP contribution is 2.33. The summed E-state index contributed by atoms with van der Waals surface area (Å²) in [5, 5.41) is 42.5. The third kappa shape index (κ3) is 3.20. The quantitative estimate of drug-likeness (QED) is 0.174. The van der Waals surface area contributed by atoms with Crippen LogP contribution in [-0.4, -0.2) is 39.2 Å². The van der Waals surface area contributed by atoms with Gasteiger partial charge in [-0.05, 0) is 17.2 Å². The Morgan fingerprint density at radius 3 is 2.65 bits per heavy atom. The molecule has 2 atom stereocenters. The number of rotatable bonds is 6. The number of phenols is 1. The zero-order valence-corrected chi connectivity index (χ0v) is 9.95. The highest BCUT2D eigenvalue weighted by molar-refractivity contribution is 5.82. The molecule has 0 saturated heterocycles. The Morgan fingerprint density at radius 2 is 2.15 bits per heavy atom. The first kappa shape index (κ1) is 15.4. The molecule has 0 bridgehead atoms. The largest absolute Gasteiger partial charge is 0.502 e. The first-order valence-electron chi connectivity index (χ1n) is 5.25. The molecule has 1 aromatic carbocycles. The SMILES string of the molecule is [N-]=[N+]=NCC(O)C(O)c1cc(C=O)c(O)c([N+](=O)[O-])c1. The molecule has 0 spiro atoms. The average molecular weight is 282 g/mol. The molecule has 106 valence electrons. The lowest BCUT2D eigenvalue weighted by Crippen LogP contribution is -2.21. The number of benzene rings is 1. The number of nitrogens with zero attached hydrogens (tertiary/aromatic N) is 4. The average Bonchev–Trinajstić information content (AvgIpc) is 2.43. The number of aromatic hydroxyl groups is 1. The molecule has 10 nitrogen and oxygen atoms in total. The second kappa shape index (κ2) is 6.48. The Hall–Kier alpha value is -2.68. The zero-order valence-electron chi connectivity index (χ0n) is 9.95. The van der Waals surface area contributed by atoms with Crippen LogP contribution < -0.4 is 0 Å². The molecule has 0 aliphatic carbocycles. The van der Waals surface area contributed by atoms with Gasteiger partial charge in [0, 0.05) is 11.0 Å². The molecule has 0 aromatic heterocycles. The Balaban J connectivity index is 3.24. The first-order chi connectivity index (χ1) is 9.42. The fourth-order valence-corrected chi connectivity index (χ4v) is 1.51. The van der Waals surface area contributed by atoms with Gasteiger partial charge in [0.2, 0.25) is 5.75 Å². The van der Waals surface area contributed by atoms with Crippen LogP contribution in [0.1, 0.15) is 22.0 Å². The molecule has 0 fully saturated rings. The van der Waals surface area contributed by atoms with Crippen molar-refractivity contribution in [2.24, 2.45) is 5.11 Å². The molecule has 2 unspecified atom stereocenters. The van der Waals surface area contributed by atoms with Gasteiger partial charge in [-0.2, -0.15) is 0 Å². The van der Waals surface area contributed by atoms with Crippen molar-refractivity contribution in [2.75, 3.05) is 6.54 Å². The van der Waals surface area contributed by atoms with E-state index in [1.54, 1.807) is 0 Å². The molecule has 0 aliphatic heterocycles. The number of phenolic OH excluding ortho intramolecular Hbond substituents is 1. The summed E-state index contributed by atoms with van der Waals surface area (Å²) in [5.74, 6) is -0.828. The maximum absolute atomic E-state index is 10.7. The van der Waals surface area contributed by atoms with Crippen molar-refractivity contribution in [3.8, 4) is 5.75 Å². The molecule has 10 heteroatoms. The van der Waals surface area contributed by atoms with Crippen LogP contribution in [0.5, 0.6) is 5.75 Å². The van der Waals surface area contributed by atoms with E-state index in [1.807, 2.05) is 0 Å². The van der Waals surface area contributed by atoms with Crippen molar-refractivity contribution < 1.29 is 25.0 Å². The van der Waals surface area contributed by atoms with Crippen LogP contribution >= 0.6 is 0 Å². The summed E-state index contributed by atoms with van der Waals surface area (Å²) < 4.78 is 0. The Bertz CT molecular complexity index is 583. The molecule has 1 rings (SSSR count). The number of hydrogen-bond acceptors (Lipinski definition) is 7. The number of nitro benzene ring substituents is 1. The van der Waals surface area contributed by atoms with Crippen LogP contribution in [0.25, 0.3) is 10.4 Å². The molecule has 20 heavy (non-hydrogen) atoms. The molecule has 3 N–H and O–H groups in total. The van der Waals surface area contributed by atoms with Crippen molar-refractivity contribution in [1.82, 2.24) is 0 Å². The molecular formula is C10H10N4O6. The second-order valence-corrected chi connectivity index (χ2v) is 3.78. The molecule has 0 heterocycles.